The molecule has 2 spiro atoms. The topological polar surface area (TPSA) is 262 Å². The van der Waals surface area contributed by atoms with Crippen LogP contribution in [-0.2, 0) is 47.4 Å². The highest BCUT2D eigenvalue weighted by Crippen LogP contribution is 2.80. The van der Waals surface area contributed by atoms with Gasteiger partial charge in [-0.2, -0.15) is 0 Å². The Morgan fingerprint density at radius 2 is 1.44 bits per heavy atom. The van der Waals surface area contributed by atoms with Crippen molar-refractivity contribution in [3.63, 3.8) is 0 Å². The van der Waals surface area contributed by atoms with Gasteiger partial charge < -0.3 is 83.5 Å². The summed E-state index contributed by atoms with van der Waals surface area (Å²) in [6.45, 7) is 15.9. The highest BCUT2D eigenvalue weighted by atomic mass is 16.8. The summed E-state index contributed by atoms with van der Waals surface area (Å²) in [6, 6.07) is 0. The molecule has 66 heavy (non-hydrogen) atoms. The lowest BCUT2D eigenvalue weighted by Gasteiger charge is -2.70. The number of hydrogen-bond donors (Lipinski definition) is 8. The molecule has 5 heterocycles. The van der Waals surface area contributed by atoms with Crippen molar-refractivity contribution in [2.45, 2.75) is 210 Å². The Balaban J connectivity index is 0.939. The van der Waals surface area contributed by atoms with Crippen molar-refractivity contribution >= 4 is 5.97 Å². The number of rotatable bonds is 9. The van der Waals surface area contributed by atoms with Crippen LogP contribution < -0.4 is 0 Å². The van der Waals surface area contributed by atoms with E-state index in [0.29, 0.717) is 25.4 Å². The van der Waals surface area contributed by atoms with Gasteiger partial charge in [0.05, 0.1) is 44.2 Å². The summed E-state index contributed by atoms with van der Waals surface area (Å²) in [5.41, 5.74) is -0.438. The van der Waals surface area contributed by atoms with Crippen LogP contribution >= 0.6 is 0 Å². The number of carbonyl (C=O) groups is 1. The molecule has 0 aromatic carbocycles. The van der Waals surface area contributed by atoms with Gasteiger partial charge >= 0.3 is 5.97 Å². The third-order valence-electron chi connectivity index (χ3n) is 18.6. The van der Waals surface area contributed by atoms with Crippen molar-refractivity contribution in [3.05, 3.63) is 11.6 Å². The van der Waals surface area contributed by atoms with Crippen LogP contribution in [-0.4, -0.2) is 177 Å². The molecule has 9 fully saturated rings. The first-order valence-corrected chi connectivity index (χ1v) is 24.3. The standard InChI is InChI=1S/C48H76O18/c1-22(2)15-24-16-46(8,57)39-25-9-10-30-44(6)13-12-31(43(4,5)29(44)11-14-45(30,7)47(25)20-48(39,66-24)60-21-47)63-41-38(61-23(3)50)36(27(52)19-59-41)64-42-37(34(55)33(54)28(17-49)62-42)65-40-35(56)32(53)26(51)18-58-40/h15,24-42,49,51-57H,9-14,16-21H2,1-8H3/t24-,25-,26-,27-,28-,29+,30-,31+,32+,33-,34+,35+,36-,37-,38-,39+,40+,41-,42+,44+,45-,46+,47+,48+/m1/s1. The molecule has 0 amide bonds. The number of fused-ring (bicyclic) bond motifs is 4. The van der Waals surface area contributed by atoms with E-state index in [2.05, 4.69) is 47.6 Å². The Labute approximate surface area is 387 Å². The number of ether oxygens (including phenoxy) is 9. The maximum absolute atomic E-state index is 12.8. The number of esters is 1. The number of allylic oxidation sites excluding steroid dienone is 1. The summed E-state index contributed by atoms with van der Waals surface area (Å²) in [5.74, 6) is -0.730. The van der Waals surface area contributed by atoms with E-state index in [1.54, 1.807) is 0 Å². The molecule has 4 saturated carbocycles. The second-order valence-electron chi connectivity index (χ2n) is 23.1. The average molecular weight is 941 g/mol. The zero-order valence-electron chi connectivity index (χ0n) is 39.7. The summed E-state index contributed by atoms with van der Waals surface area (Å²) in [7, 11) is 0. The highest BCUT2D eigenvalue weighted by molar-refractivity contribution is 5.66. The fourth-order valence-electron chi connectivity index (χ4n) is 15.8. The zero-order chi connectivity index (χ0) is 47.7. The first kappa shape index (κ1) is 49.5. The summed E-state index contributed by atoms with van der Waals surface area (Å²) in [6.07, 6.45) is -11.7. The number of aliphatic hydroxyl groups is 8. The molecule has 5 aliphatic heterocycles. The Bertz CT molecular complexity index is 1830. The van der Waals surface area contributed by atoms with Crippen molar-refractivity contribution < 1.29 is 88.3 Å². The highest BCUT2D eigenvalue weighted by Gasteiger charge is 2.81. The molecular weight excluding hydrogens is 865 g/mol. The van der Waals surface area contributed by atoms with Crippen LogP contribution in [0.3, 0.4) is 0 Å². The van der Waals surface area contributed by atoms with Gasteiger partial charge in [-0.05, 0) is 93.3 Å². The smallest absolute Gasteiger partial charge is 0.303 e. The van der Waals surface area contributed by atoms with Crippen LogP contribution in [0.25, 0.3) is 0 Å². The van der Waals surface area contributed by atoms with Crippen LogP contribution in [0, 0.1) is 45.3 Å². The van der Waals surface area contributed by atoms with Crippen LogP contribution in [0.1, 0.15) is 107 Å². The maximum Gasteiger partial charge on any atom is 0.303 e. The molecule has 0 aromatic rings. The molecule has 376 valence electrons. The summed E-state index contributed by atoms with van der Waals surface area (Å²) < 4.78 is 56.1. The zero-order valence-corrected chi connectivity index (χ0v) is 39.7. The van der Waals surface area contributed by atoms with E-state index in [1.807, 2.05) is 6.92 Å². The van der Waals surface area contributed by atoms with Gasteiger partial charge in [0, 0.05) is 31.1 Å². The normalized spacial score (nSPS) is 55.2. The lowest BCUT2D eigenvalue weighted by molar-refractivity contribution is -0.381. The quantitative estimate of drug-likeness (QED) is 0.0917. The molecule has 24 atom stereocenters. The molecule has 9 aliphatic rings. The molecule has 0 unspecified atom stereocenters. The van der Waals surface area contributed by atoms with Gasteiger partial charge in [0.2, 0.25) is 0 Å². The SMILES string of the molecule is CC(=O)O[C@H]1[C@@H](O[C@H]2CC[C@]3(C)[C@H]4CC[C@@H]5[C@@H]6[C@]7(C[C@@]5(CO7)[C@]4(C)CC[C@H]3C2(C)C)O[C@H](C=C(C)C)C[C@]6(C)O)OC[C@@H](O)[C@H]1O[C@@H]1O[C@H](CO)[C@@H](O)[C@H](O)[C@H]1O[C@@H]1OC[C@@H](O)[C@H](O)[C@@H]1O. The molecule has 2 bridgehead atoms. The minimum Gasteiger partial charge on any atom is -0.454 e. The first-order chi connectivity index (χ1) is 30.9. The van der Waals surface area contributed by atoms with Gasteiger partial charge in [-0.15, -0.1) is 0 Å². The largest absolute Gasteiger partial charge is 0.454 e. The minimum atomic E-state index is -1.80. The Morgan fingerprint density at radius 1 is 0.742 bits per heavy atom. The summed E-state index contributed by atoms with van der Waals surface area (Å²) >= 11 is 0. The first-order valence-electron chi connectivity index (χ1n) is 24.3. The van der Waals surface area contributed by atoms with E-state index < -0.39 is 116 Å². The molecule has 0 radical (unpaired) electrons. The maximum atomic E-state index is 12.8. The van der Waals surface area contributed by atoms with Crippen molar-refractivity contribution in [1.82, 2.24) is 0 Å². The van der Waals surface area contributed by atoms with Gasteiger partial charge in [-0.3, -0.25) is 4.79 Å². The van der Waals surface area contributed by atoms with Gasteiger partial charge in [-0.25, -0.2) is 0 Å². The van der Waals surface area contributed by atoms with Crippen molar-refractivity contribution in [2.24, 2.45) is 45.3 Å². The van der Waals surface area contributed by atoms with E-state index in [0.717, 1.165) is 44.1 Å². The summed E-state index contributed by atoms with van der Waals surface area (Å²) in [5, 5.41) is 86.7. The molecule has 18 nitrogen and oxygen atoms in total. The molecule has 8 N–H and O–H groups in total. The van der Waals surface area contributed by atoms with Crippen LogP contribution in [0.4, 0.5) is 0 Å². The van der Waals surface area contributed by atoms with Crippen LogP contribution in [0.2, 0.25) is 0 Å². The van der Waals surface area contributed by atoms with Gasteiger partial charge in [0.15, 0.2) is 30.8 Å². The third-order valence-corrected chi connectivity index (χ3v) is 18.6. The molecule has 4 aliphatic carbocycles. The van der Waals surface area contributed by atoms with E-state index in [1.165, 1.54) is 6.92 Å². The van der Waals surface area contributed by atoms with E-state index in [-0.39, 0.29) is 52.8 Å². The van der Waals surface area contributed by atoms with Crippen molar-refractivity contribution in [3.8, 4) is 0 Å². The lowest BCUT2D eigenvalue weighted by Crippen LogP contribution is -2.67. The molecular formula is C48H76O18. The fraction of sp³-hybridized carbons (Fsp3) is 0.938. The molecule has 9 rings (SSSR count). The van der Waals surface area contributed by atoms with E-state index in [4.69, 9.17) is 42.6 Å². The second-order valence-corrected chi connectivity index (χ2v) is 23.1. The molecule has 18 heteroatoms. The Kier molecular flexibility index (Phi) is 13.1. The van der Waals surface area contributed by atoms with Crippen molar-refractivity contribution in [2.75, 3.05) is 26.4 Å². The monoisotopic (exact) mass is 941 g/mol. The average Bonchev–Trinajstić information content (AvgIpc) is 3.76. The van der Waals surface area contributed by atoms with Crippen LogP contribution in [0.5, 0.6) is 0 Å². The third kappa shape index (κ3) is 7.69. The lowest BCUT2D eigenvalue weighted by atomic mass is 9.35. The van der Waals surface area contributed by atoms with Gasteiger partial charge in [-0.1, -0.05) is 39.3 Å². The van der Waals surface area contributed by atoms with Gasteiger partial charge in [0.1, 0.15) is 54.9 Å². The van der Waals surface area contributed by atoms with E-state index >= 15 is 0 Å². The number of hydrogen-bond acceptors (Lipinski definition) is 18. The Hall–Kier alpha value is -1.43. The second kappa shape index (κ2) is 17.4. The molecule has 0 aromatic heterocycles. The van der Waals surface area contributed by atoms with E-state index in [9.17, 15) is 45.6 Å². The minimum absolute atomic E-state index is 0.0610. The van der Waals surface area contributed by atoms with Crippen LogP contribution in [0.15, 0.2) is 11.6 Å². The van der Waals surface area contributed by atoms with Crippen molar-refractivity contribution in [1.29, 1.82) is 0 Å². The number of aliphatic hydroxyl groups excluding tert-OH is 7. The van der Waals surface area contributed by atoms with Gasteiger partial charge in [0.25, 0.3) is 0 Å². The number of carbonyl (C=O) groups excluding carboxylic acids is 1. The summed E-state index contributed by atoms with van der Waals surface area (Å²) in [4.78, 5) is 12.8. The molecule has 5 saturated heterocycles. The fourth-order valence-corrected chi connectivity index (χ4v) is 15.8. The predicted molar refractivity (Wildman–Crippen MR) is 228 cm³/mol. The predicted octanol–water partition coefficient (Wildman–Crippen LogP) is 1.18. The Morgan fingerprint density at radius 3 is 2.14 bits per heavy atom.